The summed E-state index contributed by atoms with van der Waals surface area (Å²) >= 11 is 0. The van der Waals surface area contributed by atoms with Gasteiger partial charge in [0.1, 0.15) is 11.2 Å². The largest absolute Gasteiger partial charge is 0.456 e. The van der Waals surface area contributed by atoms with Crippen LogP contribution in [0.5, 0.6) is 0 Å². The lowest BCUT2D eigenvalue weighted by Gasteiger charge is -2.13. The van der Waals surface area contributed by atoms with Crippen LogP contribution in [0.25, 0.3) is 121 Å². The predicted octanol–water partition coefficient (Wildman–Crippen LogP) is 13.7. The summed E-state index contributed by atoms with van der Waals surface area (Å²) in [6, 6.07) is 62.3. The molecule has 3 heteroatoms. The van der Waals surface area contributed by atoms with Crippen LogP contribution in [-0.2, 0) is 0 Å². The topological polar surface area (TPSA) is 23.0 Å². The number of hydrogen-bond donors (Lipinski definition) is 0. The van der Waals surface area contributed by atoms with Crippen molar-refractivity contribution >= 4 is 87.1 Å². The van der Waals surface area contributed by atoms with Crippen molar-refractivity contribution in [3.8, 4) is 33.6 Å². The molecule has 0 radical (unpaired) electrons. The number of furan rings is 1. The van der Waals surface area contributed by atoms with Gasteiger partial charge in [-0.25, -0.2) is 0 Å². The maximum atomic E-state index is 6.48. The fourth-order valence-corrected chi connectivity index (χ4v) is 9.71. The Hall–Kier alpha value is -7.10. The van der Waals surface area contributed by atoms with E-state index in [1.165, 1.54) is 93.1 Å². The molecule has 0 fully saturated rings. The van der Waals surface area contributed by atoms with Crippen molar-refractivity contribution in [1.82, 2.24) is 9.13 Å². The molecule has 1 aliphatic rings. The van der Waals surface area contributed by atoms with Gasteiger partial charge >= 0.3 is 0 Å². The monoisotopic (exact) mass is 672 g/mol. The molecule has 0 saturated carbocycles. The van der Waals surface area contributed by atoms with Gasteiger partial charge in [-0.05, 0) is 86.9 Å². The molecule has 0 N–H and O–H groups in total. The van der Waals surface area contributed by atoms with Gasteiger partial charge in [0, 0.05) is 43.4 Å². The summed E-state index contributed by atoms with van der Waals surface area (Å²) in [7, 11) is 0. The summed E-state index contributed by atoms with van der Waals surface area (Å²) in [5.41, 5.74) is 14.1. The van der Waals surface area contributed by atoms with Crippen molar-refractivity contribution in [2.75, 3.05) is 0 Å². The molecule has 0 saturated heterocycles. The highest BCUT2D eigenvalue weighted by molar-refractivity contribution is 6.33. The molecule has 1 aliphatic carbocycles. The Kier molecular flexibility index (Phi) is 5.11. The van der Waals surface area contributed by atoms with E-state index in [0.717, 1.165) is 27.6 Å². The van der Waals surface area contributed by atoms with E-state index < -0.39 is 0 Å². The van der Waals surface area contributed by atoms with Gasteiger partial charge in [-0.1, -0.05) is 121 Å². The second kappa shape index (κ2) is 9.81. The fourth-order valence-electron chi connectivity index (χ4n) is 9.71. The Morgan fingerprint density at radius 2 is 1.04 bits per heavy atom. The van der Waals surface area contributed by atoms with Crippen molar-refractivity contribution in [3.05, 3.63) is 170 Å². The molecule has 0 bridgehead atoms. The molecule has 53 heavy (non-hydrogen) atoms. The van der Waals surface area contributed by atoms with Crippen molar-refractivity contribution in [1.29, 1.82) is 0 Å². The summed E-state index contributed by atoms with van der Waals surface area (Å²) in [5, 5.41) is 12.3. The molecule has 3 nitrogen and oxygen atoms in total. The number of nitrogens with zero attached hydrogens (tertiary/aromatic N) is 2. The molecule has 0 aliphatic heterocycles. The van der Waals surface area contributed by atoms with E-state index in [-0.39, 0.29) is 0 Å². The van der Waals surface area contributed by atoms with Crippen LogP contribution in [0.15, 0.2) is 174 Å². The number of para-hydroxylation sites is 2. The van der Waals surface area contributed by atoms with E-state index in [4.69, 9.17) is 4.42 Å². The molecule has 3 heterocycles. The number of benzene rings is 9. The highest BCUT2D eigenvalue weighted by Gasteiger charge is 2.26. The first-order valence-electron chi connectivity index (χ1n) is 18.3. The minimum Gasteiger partial charge on any atom is -0.456 e. The second-order valence-corrected chi connectivity index (χ2v) is 14.4. The maximum absolute atomic E-state index is 6.48. The lowest BCUT2D eigenvalue weighted by Crippen LogP contribution is -1.96. The van der Waals surface area contributed by atoms with Crippen LogP contribution in [0.2, 0.25) is 0 Å². The molecule has 3 aromatic heterocycles. The Balaban J connectivity index is 1.21. The fraction of sp³-hybridized carbons (Fsp3) is 0. The molecule has 9 aromatic carbocycles. The van der Waals surface area contributed by atoms with Gasteiger partial charge in [0.15, 0.2) is 0 Å². The third-order valence-electron chi connectivity index (χ3n) is 11.8. The molecule has 0 atom stereocenters. The summed E-state index contributed by atoms with van der Waals surface area (Å²) < 4.78 is 11.5. The van der Waals surface area contributed by atoms with Crippen LogP contribution in [0.3, 0.4) is 0 Å². The zero-order chi connectivity index (χ0) is 34.4. The van der Waals surface area contributed by atoms with Crippen molar-refractivity contribution in [2.24, 2.45) is 0 Å². The first-order valence-corrected chi connectivity index (χ1v) is 18.3. The van der Waals surface area contributed by atoms with Gasteiger partial charge < -0.3 is 13.6 Å². The Labute approximate surface area is 303 Å². The first kappa shape index (κ1) is 27.6. The number of fused-ring (bicyclic) bond motifs is 15. The van der Waals surface area contributed by atoms with Gasteiger partial charge in [-0.3, -0.25) is 0 Å². The molecular formula is C50H28N2O. The maximum Gasteiger partial charge on any atom is 0.136 e. The van der Waals surface area contributed by atoms with Crippen molar-refractivity contribution < 1.29 is 4.42 Å². The van der Waals surface area contributed by atoms with Crippen molar-refractivity contribution in [2.45, 2.75) is 0 Å². The Morgan fingerprint density at radius 3 is 1.94 bits per heavy atom. The molecular weight excluding hydrogens is 645 g/mol. The predicted molar refractivity (Wildman–Crippen MR) is 222 cm³/mol. The number of rotatable bonds is 2. The molecule has 0 spiro atoms. The minimum atomic E-state index is 0.910. The minimum absolute atomic E-state index is 0.910. The zero-order valence-corrected chi connectivity index (χ0v) is 28.5. The van der Waals surface area contributed by atoms with Gasteiger partial charge in [-0.2, -0.15) is 0 Å². The average Bonchev–Trinajstić information content (AvgIpc) is 3.95. The highest BCUT2D eigenvalue weighted by Crippen LogP contribution is 2.50. The van der Waals surface area contributed by atoms with Crippen LogP contribution >= 0.6 is 0 Å². The summed E-state index contributed by atoms with van der Waals surface area (Å²) in [6.07, 6.45) is 0. The van der Waals surface area contributed by atoms with Crippen LogP contribution in [0.4, 0.5) is 0 Å². The van der Waals surface area contributed by atoms with Gasteiger partial charge in [0.25, 0.3) is 0 Å². The van der Waals surface area contributed by atoms with Crippen LogP contribution in [0, 0.1) is 0 Å². The van der Waals surface area contributed by atoms with Gasteiger partial charge in [-0.15, -0.1) is 0 Å². The van der Waals surface area contributed by atoms with E-state index in [9.17, 15) is 0 Å². The van der Waals surface area contributed by atoms with Crippen molar-refractivity contribution in [3.63, 3.8) is 0 Å². The van der Waals surface area contributed by atoms with E-state index in [0.29, 0.717) is 0 Å². The van der Waals surface area contributed by atoms with Crippen LogP contribution < -0.4 is 0 Å². The Bertz CT molecular complexity index is 3560. The second-order valence-electron chi connectivity index (χ2n) is 14.4. The normalized spacial score (nSPS) is 12.5. The van der Waals surface area contributed by atoms with Gasteiger partial charge in [0.2, 0.25) is 0 Å². The number of hydrogen-bond acceptors (Lipinski definition) is 1. The standard InChI is InChI=1S/C50H28N2O/c1-2-14-32-29(10-1)11-9-20-40(32)52-42-26-27-45-49(37-16-4-6-21-44(37)53-45)47(42)38-24-25-43-48(50(38)52)36-15-3-5-19-41(36)51(43)31-22-23-33-34-17-7-12-30-13-8-18-35(46(30)34)39(33)28-31/h1-28H. The SMILES string of the molecule is c1ccc2c(-n3c4ccc5oc6ccccc6c5c4c4ccc5c(c6ccccc6n5-c5ccc6c(c5)-c5cccc7cccc-6c57)c43)cccc2c1. The van der Waals surface area contributed by atoms with E-state index >= 15 is 0 Å². The molecule has 13 rings (SSSR count). The lowest BCUT2D eigenvalue weighted by atomic mass is 10.0. The molecule has 244 valence electrons. The van der Waals surface area contributed by atoms with Crippen LogP contribution in [-0.4, -0.2) is 9.13 Å². The third-order valence-corrected chi connectivity index (χ3v) is 11.8. The highest BCUT2D eigenvalue weighted by atomic mass is 16.3. The van der Waals surface area contributed by atoms with E-state index in [1.807, 2.05) is 0 Å². The van der Waals surface area contributed by atoms with Crippen LogP contribution in [0.1, 0.15) is 0 Å². The smallest absolute Gasteiger partial charge is 0.136 e. The summed E-state index contributed by atoms with van der Waals surface area (Å²) in [4.78, 5) is 0. The molecule has 0 unspecified atom stereocenters. The van der Waals surface area contributed by atoms with E-state index in [2.05, 4.69) is 179 Å². The average molecular weight is 673 g/mol. The molecule has 12 aromatic rings. The molecule has 0 amide bonds. The zero-order valence-electron chi connectivity index (χ0n) is 28.5. The first-order chi connectivity index (χ1) is 26.3. The summed E-state index contributed by atoms with van der Waals surface area (Å²) in [6.45, 7) is 0. The van der Waals surface area contributed by atoms with E-state index in [1.54, 1.807) is 0 Å². The lowest BCUT2D eigenvalue weighted by molar-refractivity contribution is 0.669. The summed E-state index contributed by atoms with van der Waals surface area (Å²) in [5.74, 6) is 0. The number of aromatic nitrogens is 2. The quantitative estimate of drug-likeness (QED) is 0.179. The Morgan fingerprint density at radius 1 is 0.340 bits per heavy atom. The third kappa shape index (κ3) is 3.44. The van der Waals surface area contributed by atoms with Gasteiger partial charge in [0.05, 0.1) is 27.8 Å².